The highest BCUT2D eigenvalue weighted by Crippen LogP contribution is 2.52. The molecule has 0 unspecified atom stereocenters. The van der Waals surface area contributed by atoms with Crippen LogP contribution in [0.25, 0.3) is 11.3 Å². The molecule has 0 radical (unpaired) electrons. The predicted octanol–water partition coefficient (Wildman–Crippen LogP) is 3.36. The molecular weight excluding hydrogens is 372 g/mol. The molecule has 2 aromatic rings. The van der Waals surface area contributed by atoms with E-state index in [4.69, 9.17) is 0 Å². The number of rotatable bonds is 6. The molecule has 1 aromatic heterocycles. The summed E-state index contributed by atoms with van der Waals surface area (Å²) in [6.07, 6.45) is 3.68. The van der Waals surface area contributed by atoms with E-state index in [1.54, 1.807) is 0 Å². The first-order valence-electron chi connectivity index (χ1n) is 9.99. The smallest absolute Gasteiger partial charge is 0.230 e. The fourth-order valence-corrected chi connectivity index (χ4v) is 5.67. The summed E-state index contributed by atoms with van der Waals surface area (Å²) in [7, 11) is 0. The quantitative estimate of drug-likeness (QED) is 0.810. The zero-order chi connectivity index (χ0) is 19.8. The van der Waals surface area contributed by atoms with Gasteiger partial charge in [-0.3, -0.25) is 4.79 Å². The first kappa shape index (κ1) is 19.1. The van der Waals surface area contributed by atoms with Gasteiger partial charge in [0.15, 0.2) is 5.13 Å². The Kier molecular flexibility index (Phi) is 5.23. The first-order valence-corrected chi connectivity index (χ1v) is 10.9. The zero-order valence-corrected chi connectivity index (χ0v) is 17.0. The van der Waals surface area contributed by atoms with Crippen LogP contribution in [-0.4, -0.2) is 16.9 Å². The Morgan fingerprint density at radius 3 is 2.50 bits per heavy atom. The summed E-state index contributed by atoms with van der Waals surface area (Å²) >= 11 is 1.37. The van der Waals surface area contributed by atoms with Gasteiger partial charge in [-0.05, 0) is 49.0 Å². The fraction of sp³-hybridized carbons (Fsp3) is 0.500. The molecule has 148 valence electrons. The molecule has 4 rings (SSSR count). The molecule has 2 aliphatic carbocycles. The number of carbonyl (C=O) groups is 2. The zero-order valence-electron chi connectivity index (χ0n) is 16.2. The molecule has 1 N–H and O–H groups in total. The number of hydrogen-bond acceptors (Lipinski definition) is 5. The summed E-state index contributed by atoms with van der Waals surface area (Å²) in [6, 6.07) is 8.35. The number of fused-ring (bicyclic) bond motifs is 2. The molecule has 1 heterocycles. The van der Waals surface area contributed by atoms with Crippen molar-refractivity contribution >= 4 is 28.3 Å². The molecule has 1 amide bonds. The van der Waals surface area contributed by atoms with Gasteiger partial charge in [0.25, 0.3) is 0 Å². The number of hydrogen-bond donors (Lipinski definition) is 1. The minimum Gasteiger partial charge on any atom is -0.550 e. The normalized spacial score (nSPS) is 26.0. The maximum atomic E-state index is 12.8. The lowest BCUT2D eigenvalue weighted by Crippen LogP contribution is -2.43. The number of nitrogens with one attached hydrogen (secondary N) is 1. The number of amides is 1. The molecule has 4 atom stereocenters. The predicted molar refractivity (Wildman–Crippen MR) is 108 cm³/mol. The standard InChI is InChI=1S/C22H26N2O3S/c1-12(2)9-13-3-5-14(6-4-13)17-11-28-22(23-17)24-20(25)18-15-7-8-16(10-15)19(18)21(26)27/h3-6,11-12,15-16,18-19H,7-10H2,1-2H3,(H,26,27)(H,23,24,25)/p-1/t15-,16-,18+,19-/m0/s1. The lowest BCUT2D eigenvalue weighted by molar-refractivity contribution is -0.314. The Bertz CT molecular complexity index is 874. The summed E-state index contributed by atoms with van der Waals surface area (Å²) in [5.74, 6) is -1.62. The van der Waals surface area contributed by atoms with Crippen LogP contribution in [0.1, 0.15) is 38.7 Å². The van der Waals surface area contributed by atoms with Crippen molar-refractivity contribution in [2.45, 2.75) is 39.5 Å². The van der Waals surface area contributed by atoms with Crippen LogP contribution in [0.5, 0.6) is 0 Å². The van der Waals surface area contributed by atoms with E-state index in [1.165, 1.54) is 16.9 Å². The lowest BCUT2D eigenvalue weighted by Gasteiger charge is -2.30. The molecule has 5 nitrogen and oxygen atoms in total. The second-order valence-corrected chi connectivity index (χ2v) is 9.38. The van der Waals surface area contributed by atoms with E-state index < -0.39 is 17.8 Å². The molecule has 2 fully saturated rings. The highest BCUT2D eigenvalue weighted by Gasteiger charge is 2.51. The van der Waals surface area contributed by atoms with Crippen LogP contribution in [0.15, 0.2) is 29.6 Å². The Hall–Kier alpha value is -2.21. The van der Waals surface area contributed by atoms with Crippen LogP contribution in [0.2, 0.25) is 0 Å². The summed E-state index contributed by atoms with van der Waals surface area (Å²) < 4.78 is 0. The number of aromatic nitrogens is 1. The van der Waals surface area contributed by atoms with E-state index in [0.717, 1.165) is 36.9 Å². The van der Waals surface area contributed by atoms with Gasteiger partial charge in [0, 0.05) is 28.7 Å². The van der Waals surface area contributed by atoms with Crippen molar-refractivity contribution in [3.8, 4) is 11.3 Å². The van der Waals surface area contributed by atoms with E-state index in [9.17, 15) is 14.7 Å². The maximum Gasteiger partial charge on any atom is 0.230 e. The van der Waals surface area contributed by atoms with Gasteiger partial charge < -0.3 is 15.2 Å². The molecule has 0 spiro atoms. The van der Waals surface area contributed by atoms with Crippen molar-refractivity contribution < 1.29 is 14.7 Å². The minimum atomic E-state index is -1.09. The number of nitrogens with zero attached hydrogens (tertiary/aromatic N) is 1. The molecule has 0 aliphatic heterocycles. The van der Waals surface area contributed by atoms with Crippen LogP contribution in [-0.2, 0) is 16.0 Å². The lowest BCUT2D eigenvalue weighted by atomic mass is 9.79. The van der Waals surface area contributed by atoms with Gasteiger partial charge in [0.05, 0.1) is 5.69 Å². The molecule has 0 saturated heterocycles. The number of benzene rings is 1. The fourth-order valence-electron chi connectivity index (χ4n) is 4.94. The van der Waals surface area contributed by atoms with Gasteiger partial charge in [-0.2, -0.15) is 0 Å². The highest BCUT2D eigenvalue weighted by molar-refractivity contribution is 7.14. The van der Waals surface area contributed by atoms with E-state index in [1.807, 2.05) is 5.38 Å². The van der Waals surface area contributed by atoms with Gasteiger partial charge in [-0.25, -0.2) is 4.98 Å². The van der Waals surface area contributed by atoms with Crippen LogP contribution in [0.4, 0.5) is 5.13 Å². The highest BCUT2D eigenvalue weighted by atomic mass is 32.1. The number of aliphatic carboxylic acids is 1. The molecule has 28 heavy (non-hydrogen) atoms. The summed E-state index contributed by atoms with van der Waals surface area (Å²) in [6.45, 7) is 4.40. The van der Waals surface area contributed by atoms with Crippen molar-refractivity contribution in [1.29, 1.82) is 0 Å². The van der Waals surface area contributed by atoms with Crippen molar-refractivity contribution in [3.05, 3.63) is 35.2 Å². The SMILES string of the molecule is CC(C)Cc1ccc(-c2csc(NC(=O)[C@@H]3[C@H]4CC[C@@H](C4)[C@@H]3C(=O)[O-])n2)cc1. The van der Waals surface area contributed by atoms with Crippen molar-refractivity contribution in [1.82, 2.24) is 4.98 Å². The average molecular weight is 398 g/mol. The van der Waals surface area contributed by atoms with Crippen LogP contribution in [0.3, 0.4) is 0 Å². The monoisotopic (exact) mass is 397 g/mol. The number of carboxylic acid groups (broad SMARTS) is 1. The Morgan fingerprint density at radius 1 is 1.18 bits per heavy atom. The number of anilines is 1. The molecule has 1 aromatic carbocycles. The molecular formula is C22H25N2O3S-. The number of carbonyl (C=O) groups excluding carboxylic acids is 2. The third kappa shape index (κ3) is 3.70. The van der Waals surface area contributed by atoms with Crippen molar-refractivity contribution in [2.24, 2.45) is 29.6 Å². The van der Waals surface area contributed by atoms with E-state index in [-0.39, 0.29) is 17.7 Å². The van der Waals surface area contributed by atoms with Gasteiger partial charge in [0.1, 0.15) is 0 Å². The Morgan fingerprint density at radius 2 is 1.86 bits per heavy atom. The van der Waals surface area contributed by atoms with Gasteiger partial charge in [0.2, 0.25) is 5.91 Å². The second kappa shape index (κ2) is 7.66. The van der Waals surface area contributed by atoms with Crippen molar-refractivity contribution in [3.63, 3.8) is 0 Å². The summed E-state index contributed by atoms with van der Waals surface area (Å²) in [5.41, 5.74) is 3.13. The summed E-state index contributed by atoms with van der Waals surface area (Å²) in [5, 5.41) is 16.8. The first-order chi connectivity index (χ1) is 13.4. The van der Waals surface area contributed by atoms with Crippen LogP contribution in [0, 0.1) is 29.6 Å². The largest absolute Gasteiger partial charge is 0.550 e. The number of carboxylic acids is 1. The van der Waals surface area contributed by atoms with Crippen LogP contribution >= 0.6 is 11.3 Å². The molecule has 2 saturated carbocycles. The topological polar surface area (TPSA) is 82.1 Å². The van der Waals surface area contributed by atoms with Crippen LogP contribution < -0.4 is 10.4 Å². The molecule has 2 aliphatic rings. The Balaban J connectivity index is 1.45. The minimum absolute atomic E-state index is 0.0851. The molecule has 6 heteroatoms. The average Bonchev–Trinajstić information content (AvgIpc) is 3.37. The van der Waals surface area contributed by atoms with Gasteiger partial charge >= 0.3 is 0 Å². The molecule has 2 bridgehead atoms. The van der Waals surface area contributed by atoms with E-state index in [2.05, 4.69) is 48.4 Å². The van der Waals surface area contributed by atoms with E-state index in [0.29, 0.717) is 11.0 Å². The number of thiazole rings is 1. The third-order valence-electron chi connectivity index (χ3n) is 6.12. The summed E-state index contributed by atoms with van der Waals surface area (Å²) in [4.78, 5) is 28.9. The van der Waals surface area contributed by atoms with Crippen molar-refractivity contribution in [2.75, 3.05) is 5.32 Å². The van der Waals surface area contributed by atoms with Gasteiger partial charge in [-0.15, -0.1) is 11.3 Å². The van der Waals surface area contributed by atoms with Gasteiger partial charge in [-0.1, -0.05) is 38.1 Å². The maximum absolute atomic E-state index is 12.8. The third-order valence-corrected chi connectivity index (χ3v) is 6.88. The van der Waals surface area contributed by atoms with E-state index >= 15 is 0 Å². The Labute approximate surface area is 169 Å². The second-order valence-electron chi connectivity index (χ2n) is 8.53.